The lowest BCUT2D eigenvalue weighted by atomic mass is 9.94. The van der Waals surface area contributed by atoms with Gasteiger partial charge in [0, 0.05) is 32.3 Å². The minimum Gasteiger partial charge on any atom is -0.276 e. The molecule has 3 rings (SSSR count). The zero-order chi connectivity index (χ0) is 16.6. The van der Waals surface area contributed by atoms with Crippen LogP contribution in [0.15, 0.2) is 35.5 Å². The summed E-state index contributed by atoms with van der Waals surface area (Å²) >= 11 is 5.72. The molecule has 1 atom stereocenters. The summed E-state index contributed by atoms with van der Waals surface area (Å²) in [4.78, 5) is 0.0238. The molecule has 1 aliphatic heterocycles. The number of hydrogen-bond donors (Lipinski definition) is 0. The topological polar surface area (TPSA) is 55.2 Å². The van der Waals surface area contributed by atoms with E-state index in [1.165, 1.54) is 16.4 Å². The molecule has 5 nitrogen and oxygen atoms in total. The van der Waals surface area contributed by atoms with Gasteiger partial charge >= 0.3 is 0 Å². The molecule has 2 aromatic rings. The fraction of sp³-hybridized carbons (Fsp3) is 0.400. The first-order valence-corrected chi connectivity index (χ1v) is 9.13. The summed E-state index contributed by atoms with van der Waals surface area (Å²) in [6, 6.07) is 3.50. The number of sulfonamides is 1. The maximum absolute atomic E-state index is 13.3. The average Bonchev–Trinajstić information content (AvgIpc) is 2.96. The number of nitrogens with zero attached hydrogens (tertiary/aromatic N) is 3. The summed E-state index contributed by atoms with van der Waals surface area (Å²) in [6.45, 7) is 0.844. The fourth-order valence-corrected chi connectivity index (χ4v) is 4.67. The van der Waals surface area contributed by atoms with Gasteiger partial charge in [0.05, 0.1) is 16.1 Å². The number of halogens is 2. The quantitative estimate of drug-likeness (QED) is 0.848. The molecule has 1 fully saturated rings. The van der Waals surface area contributed by atoms with Gasteiger partial charge in [-0.05, 0) is 36.6 Å². The Hall–Kier alpha value is -1.44. The molecule has 0 N–H and O–H groups in total. The number of aromatic nitrogens is 2. The predicted molar refractivity (Wildman–Crippen MR) is 85.4 cm³/mol. The summed E-state index contributed by atoms with van der Waals surface area (Å²) in [5, 5.41) is 3.96. The van der Waals surface area contributed by atoms with Gasteiger partial charge in [0.15, 0.2) is 0 Å². The Labute approximate surface area is 139 Å². The minimum absolute atomic E-state index is 0.0238. The molecular formula is C15H17ClFN3O2S. The Morgan fingerprint density at radius 3 is 2.83 bits per heavy atom. The van der Waals surface area contributed by atoms with Crippen LogP contribution in [0.4, 0.5) is 4.39 Å². The number of benzene rings is 1. The summed E-state index contributed by atoms with van der Waals surface area (Å²) < 4.78 is 41.9. The molecule has 0 saturated carbocycles. The van der Waals surface area contributed by atoms with Gasteiger partial charge in [-0.3, -0.25) is 4.68 Å². The molecule has 1 aromatic carbocycles. The Balaban J connectivity index is 1.86. The van der Waals surface area contributed by atoms with Gasteiger partial charge in [0.25, 0.3) is 0 Å². The molecule has 0 aliphatic carbocycles. The Bertz CT molecular complexity index is 822. The van der Waals surface area contributed by atoms with Gasteiger partial charge < -0.3 is 0 Å². The summed E-state index contributed by atoms with van der Waals surface area (Å²) in [7, 11) is -1.85. The van der Waals surface area contributed by atoms with E-state index in [-0.39, 0.29) is 15.8 Å². The lowest BCUT2D eigenvalue weighted by Crippen LogP contribution is -2.39. The van der Waals surface area contributed by atoms with Gasteiger partial charge in [-0.25, -0.2) is 12.8 Å². The number of aryl methyl sites for hydroxylation is 1. The van der Waals surface area contributed by atoms with Crippen molar-refractivity contribution in [2.24, 2.45) is 7.05 Å². The molecule has 0 amide bonds. The smallest absolute Gasteiger partial charge is 0.243 e. The Kier molecular flexibility index (Phi) is 4.44. The molecule has 2 heterocycles. The van der Waals surface area contributed by atoms with Crippen molar-refractivity contribution in [2.45, 2.75) is 23.7 Å². The van der Waals surface area contributed by atoms with Crippen molar-refractivity contribution >= 4 is 21.6 Å². The van der Waals surface area contributed by atoms with E-state index in [9.17, 15) is 12.8 Å². The van der Waals surface area contributed by atoms with Gasteiger partial charge in [0.1, 0.15) is 5.82 Å². The molecule has 1 saturated heterocycles. The van der Waals surface area contributed by atoms with Crippen molar-refractivity contribution in [3.63, 3.8) is 0 Å². The van der Waals surface area contributed by atoms with Crippen LogP contribution in [-0.2, 0) is 17.1 Å². The third kappa shape index (κ3) is 3.27. The largest absolute Gasteiger partial charge is 0.276 e. The van der Waals surface area contributed by atoms with E-state index < -0.39 is 15.8 Å². The van der Waals surface area contributed by atoms with Crippen LogP contribution >= 0.6 is 11.6 Å². The van der Waals surface area contributed by atoms with Crippen molar-refractivity contribution in [3.8, 4) is 0 Å². The van der Waals surface area contributed by atoms with Crippen molar-refractivity contribution in [1.82, 2.24) is 14.1 Å². The van der Waals surface area contributed by atoms with E-state index in [1.54, 1.807) is 10.9 Å². The zero-order valence-corrected chi connectivity index (χ0v) is 14.2. The first-order valence-electron chi connectivity index (χ1n) is 7.31. The van der Waals surface area contributed by atoms with Gasteiger partial charge in [-0.15, -0.1) is 0 Å². The first kappa shape index (κ1) is 16.4. The second kappa shape index (κ2) is 6.22. The minimum atomic E-state index is -3.68. The van der Waals surface area contributed by atoms with Crippen molar-refractivity contribution in [3.05, 3.63) is 47.0 Å². The maximum atomic E-state index is 13.3. The van der Waals surface area contributed by atoms with Crippen LogP contribution < -0.4 is 0 Å². The van der Waals surface area contributed by atoms with E-state index in [0.717, 1.165) is 24.5 Å². The van der Waals surface area contributed by atoms with Crippen molar-refractivity contribution < 1.29 is 12.8 Å². The van der Waals surface area contributed by atoms with Crippen LogP contribution in [0.5, 0.6) is 0 Å². The highest BCUT2D eigenvalue weighted by Crippen LogP contribution is 2.31. The van der Waals surface area contributed by atoms with E-state index >= 15 is 0 Å². The maximum Gasteiger partial charge on any atom is 0.243 e. The number of piperidine rings is 1. The monoisotopic (exact) mass is 357 g/mol. The lowest BCUT2D eigenvalue weighted by molar-refractivity contribution is 0.315. The summed E-state index contributed by atoms with van der Waals surface area (Å²) in [5.74, 6) is -0.513. The Morgan fingerprint density at radius 2 is 2.17 bits per heavy atom. The molecule has 0 spiro atoms. The molecule has 23 heavy (non-hydrogen) atoms. The van der Waals surface area contributed by atoms with Crippen LogP contribution in [0.2, 0.25) is 5.02 Å². The summed E-state index contributed by atoms with van der Waals surface area (Å²) in [6.07, 6.45) is 5.38. The summed E-state index contributed by atoms with van der Waals surface area (Å²) in [5.41, 5.74) is 1.03. The first-order chi connectivity index (χ1) is 10.9. The fourth-order valence-electron chi connectivity index (χ4n) is 2.87. The average molecular weight is 358 g/mol. The van der Waals surface area contributed by atoms with Crippen molar-refractivity contribution in [1.29, 1.82) is 0 Å². The highest BCUT2D eigenvalue weighted by Gasteiger charge is 2.31. The van der Waals surface area contributed by atoms with E-state index in [2.05, 4.69) is 5.10 Å². The van der Waals surface area contributed by atoms with E-state index in [0.29, 0.717) is 13.1 Å². The molecule has 124 valence electrons. The van der Waals surface area contributed by atoms with Crippen LogP contribution in [0.1, 0.15) is 24.3 Å². The van der Waals surface area contributed by atoms with Crippen LogP contribution in [0.25, 0.3) is 0 Å². The van der Waals surface area contributed by atoms with Crippen molar-refractivity contribution in [2.75, 3.05) is 13.1 Å². The van der Waals surface area contributed by atoms with Crippen LogP contribution in [0, 0.1) is 5.82 Å². The molecular weight excluding hydrogens is 341 g/mol. The Morgan fingerprint density at radius 1 is 1.39 bits per heavy atom. The highest BCUT2D eigenvalue weighted by molar-refractivity contribution is 7.89. The lowest BCUT2D eigenvalue weighted by Gasteiger charge is -2.31. The predicted octanol–water partition coefficient (Wildman–Crippen LogP) is 2.78. The van der Waals surface area contributed by atoms with Crippen LogP contribution in [0.3, 0.4) is 0 Å². The third-order valence-electron chi connectivity index (χ3n) is 4.11. The molecule has 1 aromatic heterocycles. The molecule has 1 unspecified atom stereocenters. The normalized spacial score (nSPS) is 19.9. The molecule has 1 aliphatic rings. The van der Waals surface area contributed by atoms with Crippen LogP contribution in [-0.4, -0.2) is 35.6 Å². The SMILES string of the molecule is Cn1cc(C2CCCN(S(=O)(=O)c3ccc(F)c(Cl)c3)C2)cn1. The zero-order valence-electron chi connectivity index (χ0n) is 12.6. The second-order valence-corrected chi connectivity index (χ2v) is 8.07. The van der Waals surface area contributed by atoms with E-state index in [4.69, 9.17) is 11.6 Å². The highest BCUT2D eigenvalue weighted by atomic mass is 35.5. The standard InChI is InChI=1S/C15H17ClFN3O2S/c1-19-9-12(8-18-19)11-3-2-6-20(10-11)23(21,22)13-4-5-15(17)14(16)7-13/h4-5,7-9,11H,2-3,6,10H2,1H3. The van der Waals surface area contributed by atoms with Gasteiger partial charge in [0.2, 0.25) is 10.0 Å². The number of hydrogen-bond acceptors (Lipinski definition) is 3. The third-order valence-corrected chi connectivity index (χ3v) is 6.26. The van der Waals surface area contributed by atoms with Gasteiger partial charge in [-0.1, -0.05) is 11.6 Å². The molecule has 8 heteroatoms. The number of rotatable bonds is 3. The van der Waals surface area contributed by atoms with Gasteiger partial charge in [-0.2, -0.15) is 9.40 Å². The molecule has 0 radical (unpaired) electrons. The van der Waals surface area contributed by atoms with E-state index in [1.807, 2.05) is 13.2 Å². The molecule has 0 bridgehead atoms. The second-order valence-electron chi connectivity index (χ2n) is 5.73.